The Kier molecular flexibility index (Phi) is 6.47. The molecule has 0 spiro atoms. The lowest BCUT2D eigenvalue weighted by atomic mass is 9.76. The average molecular weight is 192 g/mol. The van der Waals surface area contributed by atoms with Gasteiger partial charge in [-0.15, -0.1) is 0 Å². The van der Waals surface area contributed by atoms with Crippen molar-refractivity contribution in [3.63, 3.8) is 0 Å². The van der Waals surface area contributed by atoms with Crippen molar-refractivity contribution in [3.8, 4) is 0 Å². The van der Waals surface area contributed by atoms with Gasteiger partial charge in [0.15, 0.2) is 0 Å². The molecule has 2 saturated carbocycles. The first-order valence-corrected chi connectivity index (χ1v) is 6.79. The number of rotatable bonds is 0. The van der Waals surface area contributed by atoms with Crippen molar-refractivity contribution in [2.24, 2.45) is 0 Å². The predicted octanol–water partition coefficient (Wildman–Crippen LogP) is 2.74. The molecule has 2 fully saturated rings. The van der Waals surface area contributed by atoms with Crippen LogP contribution in [0.25, 0.3) is 0 Å². The van der Waals surface area contributed by atoms with Crippen LogP contribution >= 0.6 is 0 Å². The molecule has 0 aromatic carbocycles. The topological polar surface area (TPSA) is 0 Å². The summed E-state index contributed by atoms with van der Waals surface area (Å²) < 4.78 is 0. The minimum atomic E-state index is 1.04. The highest BCUT2D eigenvalue weighted by atomic mass is 14.1. The molecule has 14 heavy (non-hydrogen) atoms. The van der Waals surface area contributed by atoms with Crippen LogP contribution in [-0.2, 0) is 0 Å². The molecule has 0 aliphatic heterocycles. The van der Waals surface area contributed by atoms with Crippen molar-refractivity contribution in [2.75, 3.05) is 0 Å². The summed E-state index contributed by atoms with van der Waals surface area (Å²) in [6, 6.07) is 0. The van der Waals surface area contributed by atoms with E-state index in [0.717, 1.165) is 11.6 Å². The summed E-state index contributed by atoms with van der Waals surface area (Å²) in [7, 11) is 4.72. The molecule has 0 bridgehead atoms. The Hall–Kier alpha value is 0.130. The van der Waals surface area contributed by atoms with E-state index in [-0.39, 0.29) is 0 Å². The molecule has 2 heteroatoms. The Morgan fingerprint density at radius 1 is 0.500 bits per heavy atom. The van der Waals surface area contributed by atoms with Crippen LogP contribution in [0.15, 0.2) is 0 Å². The minimum absolute atomic E-state index is 1.04. The van der Waals surface area contributed by atoms with Crippen molar-refractivity contribution < 1.29 is 0 Å². The quantitative estimate of drug-likeness (QED) is 0.517. The summed E-state index contributed by atoms with van der Waals surface area (Å²) in [4.78, 5) is 0. The van der Waals surface area contributed by atoms with Gasteiger partial charge in [0.25, 0.3) is 0 Å². The SMILES string of the molecule is BC1CCCCC1.BC1CCCCC1. The summed E-state index contributed by atoms with van der Waals surface area (Å²) in [6.45, 7) is 0. The molecule has 0 saturated heterocycles. The fourth-order valence-corrected chi connectivity index (χ4v) is 2.61. The minimum Gasteiger partial charge on any atom is -0.0697 e. The molecule has 0 atom stereocenters. The van der Waals surface area contributed by atoms with Crippen molar-refractivity contribution in [1.29, 1.82) is 0 Å². The summed E-state index contributed by atoms with van der Waals surface area (Å²) in [6.07, 6.45) is 14.9. The summed E-state index contributed by atoms with van der Waals surface area (Å²) in [5.74, 6) is 2.07. The van der Waals surface area contributed by atoms with E-state index in [1.807, 2.05) is 0 Å². The van der Waals surface area contributed by atoms with Crippen LogP contribution in [0.1, 0.15) is 64.2 Å². The lowest BCUT2D eigenvalue weighted by Gasteiger charge is -2.15. The molecule has 2 rings (SSSR count). The van der Waals surface area contributed by atoms with E-state index in [0.29, 0.717) is 0 Å². The van der Waals surface area contributed by atoms with Crippen molar-refractivity contribution in [3.05, 3.63) is 0 Å². The van der Waals surface area contributed by atoms with Gasteiger partial charge in [-0.3, -0.25) is 0 Å². The predicted molar refractivity (Wildman–Crippen MR) is 70.8 cm³/mol. The molecule has 2 aliphatic carbocycles. The maximum atomic E-state index is 2.36. The van der Waals surface area contributed by atoms with Crippen LogP contribution in [0, 0.1) is 0 Å². The second kappa shape index (κ2) is 7.43. The van der Waals surface area contributed by atoms with Gasteiger partial charge in [0.1, 0.15) is 15.7 Å². The second-order valence-corrected chi connectivity index (χ2v) is 5.49. The van der Waals surface area contributed by atoms with E-state index in [1.54, 1.807) is 0 Å². The molecule has 0 N–H and O–H groups in total. The highest BCUT2D eigenvalue weighted by molar-refractivity contribution is 6.11. The van der Waals surface area contributed by atoms with Gasteiger partial charge in [0.05, 0.1) is 0 Å². The molecule has 0 nitrogen and oxygen atoms in total. The smallest absolute Gasteiger partial charge is 0.0697 e. The fraction of sp³-hybridized carbons (Fsp3) is 1.00. The third kappa shape index (κ3) is 5.78. The standard InChI is InChI=1S/2C6H13B/c2*7-6-4-2-1-3-5-6/h2*6H,1-5,7H2. The fourth-order valence-electron chi connectivity index (χ4n) is 2.61. The number of hydrogen-bond donors (Lipinski definition) is 0. The van der Waals surface area contributed by atoms with Gasteiger partial charge in [-0.1, -0.05) is 75.8 Å². The van der Waals surface area contributed by atoms with Gasteiger partial charge in [-0.25, -0.2) is 0 Å². The van der Waals surface area contributed by atoms with Crippen LogP contribution in [0.3, 0.4) is 0 Å². The first kappa shape index (κ1) is 12.2. The van der Waals surface area contributed by atoms with Crippen LogP contribution in [0.2, 0.25) is 11.6 Å². The van der Waals surface area contributed by atoms with Crippen LogP contribution in [0.5, 0.6) is 0 Å². The molecule has 0 unspecified atom stereocenters. The molecular formula is C12H26B2. The zero-order valence-electron chi connectivity index (χ0n) is 10.2. The normalized spacial score (nSPS) is 25.1. The molecule has 0 aromatic heterocycles. The van der Waals surface area contributed by atoms with E-state index >= 15 is 0 Å². The van der Waals surface area contributed by atoms with Gasteiger partial charge in [-0.2, -0.15) is 0 Å². The van der Waals surface area contributed by atoms with Gasteiger partial charge in [-0.05, 0) is 0 Å². The third-order valence-electron chi connectivity index (χ3n) is 3.79. The highest BCUT2D eigenvalue weighted by Crippen LogP contribution is 2.25. The molecule has 2 aliphatic rings. The molecule has 0 heterocycles. The van der Waals surface area contributed by atoms with E-state index in [4.69, 9.17) is 0 Å². The summed E-state index contributed by atoms with van der Waals surface area (Å²) >= 11 is 0. The first-order valence-electron chi connectivity index (χ1n) is 6.79. The molecule has 0 radical (unpaired) electrons. The highest BCUT2D eigenvalue weighted by Gasteiger charge is 2.06. The molecule has 0 aromatic rings. The van der Waals surface area contributed by atoms with Gasteiger partial charge in [0.2, 0.25) is 0 Å². The molecule has 80 valence electrons. The van der Waals surface area contributed by atoms with E-state index in [9.17, 15) is 0 Å². The Balaban J connectivity index is 0.000000140. The van der Waals surface area contributed by atoms with Gasteiger partial charge in [0, 0.05) is 0 Å². The maximum Gasteiger partial charge on any atom is 0.105 e. The van der Waals surface area contributed by atoms with Gasteiger partial charge >= 0.3 is 0 Å². The first-order chi connectivity index (χ1) is 6.79. The van der Waals surface area contributed by atoms with Crippen molar-refractivity contribution in [1.82, 2.24) is 0 Å². The Labute approximate surface area is 92.1 Å². The van der Waals surface area contributed by atoms with Crippen LogP contribution < -0.4 is 0 Å². The summed E-state index contributed by atoms with van der Waals surface area (Å²) in [5, 5.41) is 0. The largest absolute Gasteiger partial charge is 0.105 e. The van der Waals surface area contributed by atoms with E-state index in [2.05, 4.69) is 15.7 Å². The van der Waals surface area contributed by atoms with E-state index in [1.165, 1.54) is 64.2 Å². The monoisotopic (exact) mass is 192 g/mol. The second-order valence-electron chi connectivity index (χ2n) is 5.49. The zero-order valence-corrected chi connectivity index (χ0v) is 10.2. The Bertz CT molecular complexity index is 108. The van der Waals surface area contributed by atoms with Gasteiger partial charge < -0.3 is 0 Å². The average Bonchev–Trinajstić information content (AvgIpc) is 2.21. The summed E-state index contributed by atoms with van der Waals surface area (Å²) in [5.41, 5.74) is 0. The molecular weight excluding hydrogens is 166 g/mol. The third-order valence-corrected chi connectivity index (χ3v) is 3.79. The van der Waals surface area contributed by atoms with Crippen molar-refractivity contribution in [2.45, 2.75) is 75.8 Å². The van der Waals surface area contributed by atoms with Crippen LogP contribution in [-0.4, -0.2) is 15.7 Å². The maximum absolute atomic E-state index is 2.36. The lowest BCUT2D eigenvalue weighted by Crippen LogP contribution is -1.98. The molecule has 0 amide bonds. The van der Waals surface area contributed by atoms with E-state index < -0.39 is 0 Å². The lowest BCUT2D eigenvalue weighted by molar-refractivity contribution is 0.504. The Morgan fingerprint density at radius 2 is 0.786 bits per heavy atom. The van der Waals surface area contributed by atoms with Crippen molar-refractivity contribution >= 4 is 15.7 Å². The number of hydrogen-bond acceptors (Lipinski definition) is 0. The zero-order chi connectivity index (χ0) is 10.2. The van der Waals surface area contributed by atoms with Crippen LogP contribution in [0.4, 0.5) is 0 Å². The Morgan fingerprint density at radius 3 is 0.929 bits per heavy atom.